The fourth-order valence-electron chi connectivity index (χ4n) is 1.19. The average Bonchev–Trinajstić information content (AvgIpc) is 2.40. The Morgan fingerprint density at radius 3 is 2.50 bits per heavy atom. The van der Waals surface area contributed by atoms with Crippen LogP contribution in [-0.2, 0) is 14.3 Å². The van der Waals surface area contributed by atoms with Crippen molar-refractivity contribution in [2.75, 3.05) is 7.11 Å². The van der Waals surface area contributed by atoms with Crippen LogP contribution in [0.4, 0.5) is 0 Å². The van der Waals surface area contributed by atoms with Crippen LogP contribution >= 0.6 is 0 Å². The van der Waals surface area contributed by atoms with E-state index >= 15 is 0 Å². The smallest absolute Gasteiger partial charge is 0.323 e. The second-order valence-corrected chi connectivity index (χ2v) is 4.87. The highest BCUT2D eigenvalue weighted by atomic mass is 32.2. The Morgan fingerprint density at radius 2 is 1.83 bits per heavy atom. The number of nitrogens with zero attached hydrogens (tertiary/aromatic N) is 2. The number of ether oxygens (including phenoxy) is 1. The van der Waals surface area contributed by atoms with Gasteiger partial charge in [0, 0.05) is 6.20 Å². The summed E-state index contributed by atoms with van der Waals surface area (Å²) in [5.41, 5.74) is 0. The standard InChI is InChI=1S/C11H10N2O4S/c1-16-18(14,15)10-7-8-12-11(13-10)17-9-5-3-2-4-6-9/h2-8H,1H3. The maximum atomic E-state index is 11.4. The van der Waals surface area contributed by atoms with Gasteiger partial charge in [-0.1, -0.05) is 18.2 Å². The monoisotopic (exact) mass is 266 g/mol. The number of para-hydroxylation sites is 1. The lowest BCUT2D eigenvalue weighted by Gasteiger charge is -2.04. The Bertz CT molecular complexity index is 629. The summed E-state index contributed by atoms with van der Waals surface area (Å²) in [6.07, 6.45) is 1.29. The van der Waals surface area contributed by atoms with E-state index in [9.17, 15) is 8.42 Å². The topological polar surface area (TPSA) is 78.4 Å². The van der Waals surface area contributed by atoms with E-state index in [0.29, 0.717) is 5.75 Å². The molecule has 0 unspecified atom stereocenters. The van der Waals surface area contributed by atoms with Crippen molar-refractivity contribution in [1.82, 2.24) is 9.97 Å². The molecule has 2 aromatic rings. The molecular formula is C11H10N2O4S. The summed E-state index contributed by atoms with van der Waals surface area (Å²) in [5, 5.41) is -0.245. The fraction of sp³-hybridized carbons (Fsp3) is 0.0909. The van der Waals surface area contributed by atoms with Crippen LogP contribution in [0.2, 0.25) is 0 Å². The first kappa shape index (κ1) is 12.5. The minimum atomic E-state index is -3.84. The maximum Gasteiger partial charge on any atom is 0.323 e. The predicted octanol–water partition coefficient (Wildman–Crippen LogP) is 1.60. The summed E-state index contributed by atoms with van der Waals surface area (Å²) >= 11 is 0. The summed E-state index contributed by atoms with van der Waals surface area (Å²) in [6.45, 7) is 0. The molecule has 0 saturated heterocycles. The SMILES string of the molecule is COS(=O)(=O)c1ccnc(Oc2ccccc2)n1. The van der Waals surface area contributed by atoms with E-state index in [2.05, 4.69) is 14.2 Å². The number of rotatable bonds is 4. The molecule has 0 fully saturated rings. The largest absolute Gasteiger partial charge is 0.424 e. The summed E-state index contributed by atoms with van der Waals surface area (Å²) in [4.78, 5) is 7.59. The van der Waals surface area contributed by atoms with Crippen LogP contribution in [0.5, 0.6) is 11.8 Å². The van der Waals surface area contributed by atoms with Gasteiger partial charge in [-0.15, -0.1) is 0 Å². The quantitative estimate of drug-likeness (QED) is 0.618. The van der Waals surface area contributed by atoms with Crippen LogP contribution in [0, 0.1) is 0 Å². The van der Waals surface area contributed by atoms with Crippen molar-refractivity contribution in [2.24, 2.45) is 0 Å². The number of hydrogen-bond donors (Lipinski definition) is 0. The third kappa shape index (κ3) is 2.82. The molecule has 0 aliphatic rings. The Kier molecular flexibility index (Phi) is 3.54. The molecular weight excluding hydrogens is 256 g/mol. The van der Waals surface area contributed by atoms with Crippen molar-refractivity contribution in [2.45, 2.75) is 5.03 Å². The zero-order chi connectivity index (χ0) is 13.0. The number of aromatic nitrogens is 2. The molecule has 1 heterocycles. The lowest BCUT2D eigenvalue weighted by atomic mass is 10.3. The molecule has 0 atom stereocenters. The molecule has 18 heavy (non-hydrogen) atoms. The number of benzene rings is 1. The van der Waals surface area contributed by atoms with Gasteiger partial charge >= 0.3 is 16.1 Å². The molecule has 0 radical (unpaired) electrons. The van der Waals surface area contributed by atoms with Gasteiger partial charge in [0.2, 0.25) is 0 Å². The average molecular weight is 266 g/mol. The highest BCUT2D eigenvalue weighted by Gasteiger charge is 2.16. The van der Waals surface area contributed by atoms with Gasteiger partial charge in [0.1, 0.15) is 5.75 Å². The van der Waals surface area contributed by atoms with Crippen LogP contribution < -0.4 is 4.74 Å². The van der Waals surface area contributed by atoms with Gasteiger partial charge in [-0.25, -0.2) is 4.98 Å². The second-order valence-electron chi connectivity index (χ2n) is 3.21. The molecule has 1 aromatic carbocycles. The molecule has 0 saturated carbocycles. The highest BCUT2D eigenvalue weighted by molar-refractivity contribution is 7.86. The first-order valence-electron chi connectivity index (χ1n) is 4.98. The molecule has 0 bridgehead atoms. The van der Waals surface area contributed by atoms with E-state index < -0.39 is 10.1 Å². The first-order chi connectivity index (χ1) is 8.62. The normalized spacial score (nSPS) is 11.2. The Balaban J connectivity index is 2.29. The molecule has 0 amide bonds. The van der Waals surface area contributed by atoms with Gasteiger partial charge in [-0.05, 0) is 18.2 Å². The highest BCUT2D eigenvalue weighted by Crippen LogP contribution is 2.18. The molecule has 6 nitrogen and oxygen atoms in total. The van der Waals surface area contributed by atoms with Crippen molar-refractivity contribution >= 4 is 10.1 Å². The van der Waals surface area contributed by atoms with Gasteiger partial charge in [0.25, 0.3) is 0 Å². The molecule has 2 rings (SSSR count). The van der Waals surface area contributed by atoms with Crippen molar-refractivity contribution in [1.29, 1.82) is 0 Å². The van der Waals surface area contributed by atoms with Crippen molar-refractivity contribution in [3.63, 3.8) is 0 Å². The van der Waals surface area contributed by atoms with Gasteiger partial charge in [-0.2, -0.15) is 13.4 Å². The number of hydrogen-bond acceptors (Lipinski definition) is 6. The molecule has 0 aliphatic heterocycles. The van der Waals surface area contributed by atoms with E-state index in [0.717, 1.165) is 7.11 Å². The van der Waals surface area contributed by atoms with Gasteiger partial charge in [0.05, 0.1) is 7.11 Å². The third-order valence-corrected chi connectivity index (χ3v) is 3.21. The third-order valence-electron chi connectivity index (χ3n) is 2.04. The van der Waals surface area contributed by atoms with Crippen LogP contribution in [0.3, 0.4) is 0 Å². The predicted molar refractivity (Wildman–Crippen MR) is 62.7 cm³/mol. The van der Waals surface area contributed by atoms with Crippen LogP contribution in [0.1, 0.15) is 0 Å². The summed E-state index contributed by atoms with van der Waals surface area (Å²) in [5.74, 6) is 0.518. The van der Waals surface area contributed by atoms with E-state index in [1.165, 1.54) is 12.3 Å². The molecule has 0 aliphatic carbocycles. The van der Waals surface area contributed by atoms with Crippen LogP contribution in [-0.4, -0.2) is 25.5 Å². The van der Waals surface area contributed by atoms with Gasteiger partial charge < -0.3 is 4.74 Å². The maximum absolute atomic E-state index is 11.4. The van der Waals surface area contributed by atoms with E-state index in [-0.39, 0.29) is 11.0 Å². The van der Waals surface area contributed by atoms with E-state index in [4.69, 9.17) is 4.74 Å². The zero-order valence-electron chi connectivity index (χ0n) is 9.48. The van der Waals surface area contributed by atoms with Gasteiger partial charge in [-0.3, -0.25) is 4.18 Å². The zero-order valence-corrected chi connectivity index (χ0v) is 10.3. The van der Waals surface area contributed by atoms with Crippen molar-refractivity contribution in [3.8, 4) is 11.8 Å². The van der Waals surface area contributed by atoms with Gasteiger partial charge in [0.15, 0.2) is 5.03 Å². The molecule has 0 spiro atoms. The Morgan fingerprint density at radius 1 is 1.11 bits per heavy atom. The molecule has 7 heteroatoms. The van der Waals surface area contributed by atoms with E-state index in [1.807, 2.05) is 6.07 Å². The summed E-state index contributed by atoms with van der Waals surface area (Å²) in [6, 6.07) is 9.99. The molecule has 94 valence electrons. The van der Waals surface area contributed by atoms with Crippen molar-refractivity contribution in [3.05, 3.63) is 42.6 Å². The van der Waals surface area contributed by atoms with Crippen LogP contribution in [0.15, 0.2) is 47.6 Å². The lowest BCUT2D eigenvalue weighted by molar-refractivity contribution is 0.389. The Hall–Kier alpha value is -1.99. The minimum Gasteiger partial charge on any atom is -0.424 e. The Labute approximate surface area is 104 Å². The fourth-order valence-corrected chi connectivity index (χ4v) is 1.78. The van der Waals surface area contributed by atoms with E-state index in [1.54, 1.807) is 24.3 Å². The minimum absolute atomic E-state index is 0.0562. The lowest BCUT2D eigenvalue weighted by Crippen LogP contribution is -2.06. The van der Waals surface area contributed by atoms with Crippen molar-refractivity contribution < 1.29 is 17.3 Å². The van der Waals surface area contributed by atoms with Crippen LogP contribution in [0.25, 0.3) is 0 Å². The molecule has 1 aromatic heterocycles. The summed E-state index contributed by atoms with van der Waals surface area (Å²) < 4.78 is 32.5. The molecule has 0 N–H and O–H groups in total. The summed E-state index contributed by atoms with van der Waals surface area (Å²) in [7, 11) is -2.78. The second kappa shape index (κ2) is 5.11. The first-order valence-corrected chi connectivity index (χ1v) is 6.39.